The second kappa shape index (κ2) is 7.76. The monoisotopic (exact) mass is 382 g/mol. The number of carbonyl (C=O) groups excluding carboxylic acids is 1. The van der Waals surface area contributed by atoms with Gasteiger partial charge >= 0.3 is 0 Å². The fourth-order valence-electron chi connectivity index (χ4n) is 2.10. The normalized spacial score (nSPS) is 11.0. The first kappa shape index (κ1) is 19.1. The van der Waals surface area contributed by atoms with Crippen LogP contribution in [0.15, 0.2) is 42.5 Å². The minimum Gasteiger partial charge on any atom is -0.494 e. The van der Waals surface area contributed by atoms with Gasteiger partial charge in [-0.1, -0.05) is 17.7 Å². The molecule has 0 fully saturated rings. The molecule has 0 saturated heterocycles. The number of hydrogen-bond acceptors (Lipinski definition) is 4. The van der Waals surface area contributed by atoms with Gasteiger partial charge in [-0.15, -0.1) is 0 Å². The summed E-state index contributed by atoms with van der Waals surface area (Å²) in [6.45, 7) is 2.39. The molecule has 0 aliphatic carbocycles. The molecule has 0 unspecified atom stereocenters. The number of rotatable bonds is 6. The Labute approximate surface area is 152 Å². The minimum atomic E-state index is -3.44. The molecule has 1 amide bonds. The number of hydrogen-bond donors (Lipinski definition) is 1. The van der Waals surface area contributed by atoms with Gasteiger partial charge in [0.15, 0.2) is 0 Å². The highest BCUT2D eigenvalue weighted by Crippen LogP contribution is 2.25. The molecule has 0 spiro atoms. The SMILES string of the molecule is CCOc1cccc(NC(=O)c2cc(N(C)S(C)(=O)=O)ccc2Cl)c1. The molecule has 0 aliphatic heterocycles. The molecule has 0 heterocycles. The second-order valence-corrected chi connectivity index (χ2v) is 7.73. The fourth-order valence-corrected chi connectivity index (χ4v) is 2.80. The van der Waals surface area contributed by atoms with Gasteiger partial charge in [-0.25, -0.2) is 8.42 Å². The Kier molecular flexibility index (Phi) is 5.92. The Bertz CT molecular complexity index is 884. The lowest BCUT2D eigenvalue weighted by atomic mass is 10.1. The van der Waals surface area contributed by atoms with Gasteiger partial charge in [0.05, 0.1) is 29.1 Å². The van der Waals surface area contributed by atoms with Gasteiger partial charge in [-0.2, -0.15) is 0 Å². The molecule has 8 heteroatoms. The standard InChI is InChI=1S/C17H19ClN2O4S/c1-4-24-14-7-5-6-12(10-14)19-17(21)15-11-13(8-9-16(15)18)20(2)25(3,22)23/h5-11H,4H2,1-3H3,(H,19,21). The highest BCUT2D eigenvalue weighted by molar-refractivity contribution is 7.92. The van der Waals surface area contributed by atoms with Crippen LogP contribution in [0, 0.1) is 0 Å². The Hall–Kier alpha value is -2.25. The van der Waals surface area contributed by atoms with Crippen LogP contribution in [0.2, 0.25) is 5.02 Å². The summed E-state index contributed by atoms with van der Waals surface area (Å²) in [4.78, 5) is 12.5. The van der Waals surface area contributed by atoms with Gasteiger partial charge in [-0.05, 0) is 37.3 Å². The van der Waals surface area contributed by atoms with E-state index in [4.69, 9.17) is 16.3 Å². The molecule has 25 heavy (non-hydrogen) atoms. The predicted molar refractivity (Wildman–Crippen MR) is 100 cm³/mol. The number of anilines is 2. The highest BCUT2D eigenvalue weighted by Gasteiger charge is 2.17. The molecule has 2 aromatic carbocycles. The van der Waals surface area contributed by atoms with E-state index in [-0.39, 0.29) is 10.6 Å². The smallest absolute Gasteiger partial charge is 0.257 e. The number of sulfonamides is 1. The third kappa shape index (κ3) is 4.87. The molecule has 0 saturated carbocycles. The van der Waals surface area contributed by atoms with Crippen molar-refractivity contribution in [2.75, 3.05) is 29.5 Å². The van der Waals surface area contributed by atoms with Crippen molar-refractivity contribution in [2.45, 2.75) is 6.92 Å². The predicted octanol–water partition coefficient (Wildman–Crippen LogP) is 3.39. The fraction of sp³-hybridized carbons (Fsp3) is 0.235. The molecule has 2 rings (SSSR count). The van der Waals surface area contributed by atoms with E-state index in [9.17, 15) is 13.2 Å². The maximum Gasteiger partial charge on any atom is 0.257 e. The van der Waals surface area contributed by atoms with E-state index in [1.54, 1.807) is 24.3 Å². The van der Waals surface area contributed by atoms with Crippen molar-refractivity contribution < 1.29 is 17.9 Å². The topological polar surface area (TPSA) is 75.7 Å². The lowest BCUT2D eigenvalue weighted by Crippen LogP contribution is -2.25. The molecular formula is C17H19ClN2O4S. The maximum atomic E-state index is 12.5. The molecule has 0 atom stereocenters. The van der Waals surface area contributed by atoms with Gasteiger partial charge in [0.1, 0.15) is 5.75 Å². The average Bonchev–Trinajstić information content (AvgIpc) is 2.54. The summed E-state index contributed by atoms with van der Waals surface area (Å²) in [5.41, 5.74) is 1.07. The zero-order valence-electron chi connectivity index (χ0n) is 14.1. The number of benzene rings is 2. The largest absolute Gasteiger partial charge is 0.494 e. The van der Waals surface area contributed by atoms with Crippen molar-refractivity contribution in [1.82, 2.24) is 0 Å². The number of carbonyl (C=O) groups is 1. The highest BCUT2D eigenvalue weighted by atomic mass is 35.5. The summed E-state index contributed by atoms with van der Waals surface area (Å²) in [5, 5.41) is 2.96. The van der Waals surface area contributed by atoms with E-state index in [1.807, 2.05) is 6.92 Å². The van der Waals surface area contributed by atoms with E-state index in [0.717, 1.165) is 10.6 Å². The third-order valence-electron chi connectivity index (χ3n) is 3.46. The Balaban J connectivity index is 2.28. The van der Waals surface area contributed by atoms with Crippen LogP contribution in [0.25, 0.3) is 0 Å². The van der Waals surface area contributed by atoms with Crippen LogP contribution in [-0.4, -0.2) is 34.2 Å². The number of halogens is 1. The Morgan fingerprint density at radius 1 is 1.24 bits per heavy atom. The number of nitrogens with zero attached hydrogens (tertiary/aromatic N) is 1. The van der Waals surface area contributed by atoms with Crippen molar-refractivity contribution >= 4 is 38.9 Å². The molecule has 134 valence electrons. The van der Waals surface area contributed by atoms with Crippen LogP contribution in [0.3, 0.4) is 0 Å². The molecular weight excluding hydrogens is 364 g/mol. The van der Waals surface area contributed by atoms with E-state index in [2.05, 4.69) is 5.32 Å². The Morgan fingerprint density at radius 3 is 2.60 bits per heavy atom. The number of ether oxygens (including phenoxy) is 1. The molecule has 2 aromatic rings. The van der Waals surface area contributed by atoms with Crippen molar-refractivity contribution in [1.29, 1.82) is 0 Å². The first-order valence-corrected chi connectivity index (χ1v) is 9.72. The van der Waals surface area contributed by atoms with Crippen LogP contribution >= 0.6 is 11.6 Å². The first-order chi connectivity index (χ1) is 11.7. The van der Waals surface area contributed by atoms with Gasteiger partial charge in [0, 0.05) is 18.8 Å². The van der Waals surface area contributed by atoms with E-state index < -0.39 is 15.9 Å². The second-order valence-electron chi connectivity index (χ2n) is 5.31. The third-order valence-corrected chi connectivity index (χ3v) is 4.99. The van der Waals surface area contributed by atoms with Gasteiger partial charge in [0.25, 0.3) is 5.91 Å². The van der Waals surface area contributed by atoms with Crippen LogP contribution < -0.4 is 14.4 Å². The maximum absolute atomic E-state index is 12.5. The lowest BCUT2D eigenvalue weighted by Gasteiger charge is -2.18. The first-order valence-electron chi connectivity index (χ1n) is 7.50. The zero-order chi connectivity index (χ0) is 18.6. The van der Waals surface area contributed by atoms with E-state index in [1.165, 1.54) is 25.2 Å². The summed E-state index contributed by atoms with van der Waals surface area (Å²) in [5.74, 6) is 0.194. The average molecular weight is 383 g/mol. The quantitative estimate of drug-likeness (QED) is 0.830. The molecule has 0 aromatic heterocycles. The van der Waals surface area contributed by atoms with Crippen molar-refractivity contribution in [3.05, 3.63) is 53.1 Å². The van der Waals surface area contributed by atoms with Gasteiger partial charge in [-0.3, -0.25) is 9.10 Å². The number of nitrogens with one attached hydrogen (secondary N) is 1. The van der Waals surface area contributed by atoms with E-state index >= 15 is 0 Å². The summed E-state index contributed by atoms with van der Waals surface area (Å²) >= 11 is 6.10. The van der Waals surface area contributed by atoms with Crippen molar-refractivity contribution in [3.8, 4) is 5.75 Å². The van der Waals surface area contributed by atoms with Crippen LogP contribution in [0.5, 0.6) is 5.75 Å². The van der Waals surface area contributed by atoms with Crippen molar-refractivity contribution in [2.24, 2.45) is 0 Å². The zero-order valence-corrected chi connectivity index (χ0v) is 15.7. The van der Waals surface area contributed by atoms with Crippen LogP contribution in [0.1, 0.15) is 17.3 Å². The van der Waals surface area contributed by atoms with Gasteiger partial charge < -0.3 is 10.1 Å². The molecule has 1 N–H and O–H groups in total. The molecule has 0 aliphatic rings. The summed E-state index contributed by atoms with van der Waals surface area (Å²) < 4.78 is 29.8. The molecule has 0 radical (unpaired) electrons. The minimum absolute atomic E-state index is 0.177. The van der Waals surface area contributed by atoms with Crippen LogP contribution in [0.4, 0.5) is 11.4 Å². The van der Waals surface area contributed by atoms with E-state index in [0.29, 0.717) is 23.7 Å². The Morgan fingerprint density at radius 2 is 1.96 bits per heavy atom. The summed E-state index contributed by atoms with van der Waals surface area (Å²) in [7, 11) is -2.03. The number of amides is 1. The van der Waals surface area contributed by atoms with Gasteiger partial charge in [0.2, 0.25) is 10.0 Å². The summed E-state index contributed by atoms with van der Waals surface area (Å²) in [6.07, 6.45) is 1.08. The summed E-state index contributed by atoms with van der Waals surface area (Å²) in [6, 6.07) is 11.4. The van der Waals surface area contributed by atoms with Crippen molar-refractivity contribution in [3.63, 3.8) is 0 Å². The van der Waals surface area contributed by atoms with Crippen LogP contribution in [-0.2, 0) is 10.0 Å². The molecule has 6 nitrogen and oxygen atoms in total. The lowest BCUT2D eigenvalue weighted by molar-refractivity contribution is 0.102. The molecule has 0 bridgehead atoms.